The summed E-state index contributed by atoms with van der Waals surface area (Å²) in [6.45, 7) is 4.48. The number of carboxylic acid groups (broad SMARTS) is 1. The van der Waals surface area contributed by atoms with Crippen LogP contribution in [-0.4, -0.2) is 80.6 Å². The van der Waals surface area contributed by atoms with E-state index in [1.54, 1.807) is 0 Å². The Hall–Kier alpha value is -3.75. The Morgan fingerprint density at radius 3 is 1.60 bits per heavy atom. The van der Waals surface area contributed by atoms with E-state index in [1.807, 2.05) is 33.3 Å². The van der Waals surface area contributed by atoms with E-state index in [4.69, 9.17) is 14.2 Å². The van der Waals surface area contributed by atoms with Gasteiger partial charge in [0, 0.05) is 19.3 Å². The van der Waals surface area contributed by atoms with Crippen molar-refractivity contribution in [1.82, 2.24) is 0 Å². The summed E-state index contributed by atoms with van der Waals surface area (Å²) < 4.78 is 17.2. The number of carbonyl (C=O) groups excluding carboxylic acids is 2. The number of esters is 2. The summed E-state index contributed by atoms with van der Waals surface area (Å²) in [4.78, 5) is 37.0. The second-order valence-corrected chi connectivity index (χ2v) is 15.6. The lowest BCUT2D eigenvalue weighted by molar-refractivity contribution is -0.887. The Balaban J connectivity index is 4.51. The van der Waals surface area contributed by atoms with Gasteiger partial charge in [0.05, 0.1) is 34.4 Å². The molecule has 0 aromatic rings. The molecule has 0 rings (SSSR count). The van der Waals surface area contributed by atoms with Crippen LogP contribution in [0.3, 0.4) is 0 Å². The Labute approximate surface area is 354 Å². The summed E-state index contributed by atoms with van der Waals surface area (Å²) in [6, 6.07) is -0.636. The van der Waals surface area contributed by atoms with Gasteiger partial charge in [-0.2, -0.15) is 0 Å². The molecule has 0 amide bonds. The van der Waals surface area contributed by atoms with Gasteiger partial charge in [-0.1, -0.05) is 156 Å². The lowest BCUT2D eigenvalue weighted by Gasteiger charge is -2.31. The quantitative estimate of drug-likeness (QED) is 0.0218. The average molecular weight is 809 g/mol. The zero-order valence-electron chi connectivity index (χ0n) is 37.2. The molecule has 0 aliphatic rings. The molecular formula is C50H82NO7+. The van der Waals surface area contributed by atoms with Gasteiger partial charge in [-0.05, 0) is 70.6 Å². The predicted octanol–water partition coefficient (Wildman–Crippen LogP) is 12.3. The van der Waals surface area contributed by atoms with Crippen LogP contribution in [0, 0.1) is 0 Å². The van der Waals surface area contributed by atoms with Crippen LogP contribution < -0.4 is 0 Å². The van der Waals surface area contributed by atoms with Crippen molar-refractivity contribution in [2.75, 3.05) is 41.0 Å². The van der Waals surface area contributed by atoms with E-state index in [9.17, 15) is 19.5 Å². The number of ether oxygens (including phenoxy) is 3. The standard InChI is InChI=1S/C50H81NO7/c1-6-8-10-12-14-16-18-20-22-24-25-27-28-30-32-34-36-38-40-48(52)57-45-46(44-56-43-42-47(50(54)55)51(3,4)5)58-49(53)41-39-37-35-33-31-29-26-23-21-19-17-15-13-11-9-7-2/h9,11,15,17-18,20-25,27,29,31,35,37,46-47H,6-8,10,12-14,16,19,26,28,30,32-34,36,38-45H2,1-5H3/p+1/b11-9+,17-15+,20-18+,23-21+,24-22+,27-25+,31-29+,37-35+. The van der Waals surface area contributed by atoms with Crippen LogP contribution >= 0.6 is 0 Å². The molecule has 0 heterocycles. The molecule has 8 heteroatoms. The van der Waals surface area contributed by atoms with Crippen LogP contribution in [0.1, 0.15) is 149 Å². The number of unbranched alkanes of at least 4 members (excludes halogenated alkanes) is 10. The molecule has 0 spiro atoms. The van der Waals surface area contributed by atoms with Gasteiger partial charge in [0.1, 0.15) is 6.61 Å². The molecule has 0 aliphatic heterocycles. The highest BCUT2D eigenvalue weighted by atomic mass is 16.6. The smallest absolute Gasteiger partial charge is 0.362 e. The van der Waals surface area contributed by atoms with Gasteiger partial charge >= 0.3 is 17.9 Å². The van der Waals surface area contributed by atoms with E-state index in [1.165, 1.54) is 32.1 Å². The third kappa shape index (κ3) is 37.8. The molecule has 1 N–H and O–H groups in total. The maximum atomic E-state index is 12.7. The van der Waals surface area contributed by atoms with Crippen molar-refractivity contribution >= 4 is 17.9 Å². The zero-order valence-corrected chi connectivity index (χ0v) is 37.2. The number of quaternary nitrogens is 1. The van der Waals surface area contributed by atoms with Crippen molar-refractivity contribution in [1.29, 1.82) is 0 Å². The zero-order chi connectivity index (χ0) is 42.8. The van der Waals surface area contributed by atoms with Gasteiger partial charge in [-0.25, -0.2) is 4.79 Å². The SMILES string of the molecule is CC/C=C/C/C=C/C/C=C/C/C=C/C/C=C/CCC(=O)OC(COCCC(C(=O)O)[N+](C)(C)C)COC(=O)CCCCCCC/C=C/C=C/C=C/CCCCCCC. The van der Waals surface area contributed by atoms with Gasteiger partial charge < -0.3 is 23.8 Å². The molecule has 0 saturated heterocycles. The first-order valence-corrected chi connectivity index (χ1v) is 22.3. The van der Waals surface area contributed by atoms with E-state index < -0.39 is 24.1 Å². The maximum absolute atomic E-state index is 12.7. The third-order valence-corrected chi connectivity index (χ3v) is 9.29. The van der Waals surface area contributed by atoms with Crippen LogP contribution in [0.2, 0.25) is 0 Å². The molecule has 0 fully saturated rings. The molecule has 2 atom stereocenters. The van der Waals surface area contributed by atoms with E-state index in [0.717, 1.165) is 77.0 Å². The monoisotopic (exact) mass is 809 g/mol. The summed E-state index contributed by atoms with van der Waals surface area (Å²) in [5.74, 6) is -1.61. The van der Waals surface area contributed by atoms with Crippen LogP contribution in [-0.2, 0) is 28.6 Å². The molecule has 328 valence electrons. The summed E-state index contributed by atoms with van der Waals surface area (Å²) in [6.07, 6.45) is 53.2. The fourth-order valence-electron chi connectivity index (χ4n) is 5.85. The Bertz CT molecular complexity index is 1260. The molecule has 0 aliphatic carbocycles. The van der Waals surface area contributed by atoms with Gasteiger partial charge in [0.25, 0.3) is 0 Å². The van der Waals surface area contributed by atoms with Gasteiger partial charge in [0.15, 0.2) is 12.1 Å². The van der Waals surface area contributed by atoms with Gasteiger partial charge in [0.2, 0.25) is 0 Å². The molecule has 2 unspecified atom stereocenters. The fourth-order valence-corrected chi connectivity index (χ4v) is 5.85. The second kappa shape index (κ2) is 40.0. The lowest BCUT2D eigenvalue weighted by Crippen LogP contribution is -2.50. The summed E-state index contributed by atoms with van der Waals surface area (Å²) in [7, 11) is 5.48. The highest BCUT2D eigenvalue weighted by Gasteiger charge is 2.31. The first kappa shape index (κ1) is 54.2. The van der Waals surface area contributed by atoms with Gasteiger partial charge in [-0.15, -0.1) is 0 Å². The number of carbonyl (C=O) groups is 3. The number of carboxylic acids is 1. The number of hydrogen-bond donors (Lipinski definition) is 1. The van der Waals surface area contributed by atoms with Crippen LogP contribution in [0.25, 0.3) is 0 Å². The Morgan fingerprint density at radius 1 is 0.552 bits per heavy atom. The van der Waals surface area contributed by atoms with Gasteiger partial charge in [-0.3, -0.25) is 9.59 Å². The maximum Gasteiger partial charge on any atom is 0.362 e. The minimum absolute atomic E-state index is 0.0182. The van der Waals surface area contributed by atoms with Crippen molar-refractivity contribution < 1.29 is 38.2 Å². The number of hydrogen-bond acceptors (Lipinski definition) is 6. The van der Waals surface area contributed by atoms with E-state index in [-0.39, 0.29) is 36.7 Å². The first-order chi connectivity index (χ1) is 28.1. The molecule has 0 radical (unpaired) electrons. The normalized spacial score (nSPS) is 13.9. The van der Waals surface area contributed by atoms with Crippen molar-refractivity contribution in [3.05, 3.63) is 97.2 Å². The van der Waals surface area contributed by atoms with E-state index in [0.29, 0.717) is 19.3 Å². The van der Waals surface area contributed by atoms with Crippen LogP contribution in [0.15, 0.2) is 97.2 Å². The number of aliphatic carboxylic acids is 1. The van der Waals surface area contributed by atoms with Crippen molar-refractivity contribution in [2.45, 2.75) is 161 Å². The minimum Gasteiger partial charge on any atom is -0.477 e. The number of nitrogens with zero attached hydrogens (tertiary/aromatic N) is 1. The Morgan fingerprint density at radius 2 is 1.07 bits per heavy atom. The number of likely N-dealkylation sites (N-methyl/N-ethyl adjacent to an activating group) is 1. The minimum atomic E-state index is -0.894. The molecule has 58 heavy (non-hydrogen) atoms. The molecule has 0 saturated carbocycles. The molecule has 0 bridgehead atoms. The topological polar surface area (TPSA) is 99.1 Å². The highest BCUT2D eigenvalue weighted by Crippen LogP contribution is 2.12. The third-order valence-electron chi connectivity index (χ3n) is 9.29. The van der Waals surface area contributed by atoms with E-state index >= 15 is 0 Å². The summed E-state index contributed by atoms with van der Waals surface area (Å²) in [5, 5.41) is 9.62. The number of allylic oxidation sites excluding steroid dienone is 16. The summed E-state index contributed by atoms with van der Waals surface area (Å²) >= 11 is 0. The first-order valence-electron chi connectivity index (χ1n) is 22.3. The predicted molar refractivity (Wildman–Crippen MR) is 243 cm³/mol. The summed E-state index contributed by atoms with van der Waals surface area (Å²) in [5.41, 5.74) is 0. The fraction of sp³-hybridized carbons (Fsp3) is 0.620. The lowest BCUT2D eigenvalue weighted by atomic mass is 10.1. The molecule has 8 nitrogen and oxygen atoms in total. The molecular weight excluding hydrogens is 727 g/mol. The van der Waals surface area contributed by atoms with E-state index in [2.05, 4.69) is 98.9 Å². The largest absolute Gasteiger partial charge is 0.477 e. The van der Waals surface area contributed by atoms with Crippen molar-refractivity contribution in [3.63, 3.8) is 0 Å². The van der Waals surface area contributed by atoms with Crippen molar-refractivity contribution in [3.8, 4) is 0 Å². The Kier molecular flexibility index (Phi) is 37.5. The van der Waals surface area contributed by atoms with Crippen molar-refractivity contribution in [2.24, 2.45) is 0 Å². The average Bonchev–Trinajstić information content (AvgIpc) is 3.18. The highest BCUT2D eigenvalue weighted by molar-refractivity contribution is 5.72. The van der Waals surface area contributed by atoms with Crippen LogP contribution in [0.4, 0.5) is 0 Å². The molecule has 0 aromatic carbocycles. The number of rotatable bonds is 38. The molecule has 0 aromatic heterocycles. The second-order valence-electron chi connectivity index (χ2n) is 15.6. The van der Waals surface area contributed by atoms with Crippen LogP contribution in [0.5, 0.6) is 0 Å².